The molecule has 0 aromatic heterocycles. The van der Waals surface area contributed by atoms with Gasteiger partial charge in [0.25, 0.3) is 0 Å². The number of carbonyl (C=O) groups is 2. The Morgan fingerprint density at radius 2 is 1.57 bits per heavy atom. The monoisotopic (exact) mass is 296 g/mol. The van der Waals surface area contributed by atoms with Crippen molar-refractivity contribution in [2.45, 2.75) is 67.5 Å². The van der Waals surface area contributed by atoms with Crippen LogP contribution in [0.5, 0.6) is 0 Å². The fourth-order valence-electron chi connectivity index (χ4n) is 2.67. The van der Waals surface area contributed by atoms with Crippen LogP contribution in [0.15, 0.2) is 0 Å². The number of nitrogens with one attached hydrogen (secondary N) is 1. The van der Waals surface area contributed by atoms with Gasteiger partial charge in [-0.15, -0.1) is 0 Å². The number of hydrogen-bond acceptors (Lipinski definition) is 2. The van der Waals surface area contributed by atoms with Crippen LogP contribution in [0.2, 0.25) is 0 Å². The molecule has 0 spiro atoms. The lowest BCUT2D eigenvalue weighted by Crippen LogP contribution is -2.67. The van der Waals surface area contributed by atoms with Crippen molar-refractivity contribution >= 4 is 11.8 Å². The summed E-state index contributed by atoms with van der Waals surface area (Å²) in [5.74, 6) is 0.727. The molecule has 1 rings (SSSR count). The molecule has 0 radical (unpaired) electrons. The highest BCUT2D eigenvalue weighted by Crippen LogP contribution is 2.31. The van der Waals surface area contributed by atoms with Crippen LogP contribution in [-0.2, 0) is 9.59 Å². The molecule has 1 aliphatic rings. The van der Waals surface area contributed by atoms with E-state index in [9.17, 15) is 9.59 Å². The van der Waals surface area contributed by atoms with Crippen molar-refractivity contribution in [3.8, 4) is 0 Å². The third kappa shape index (κ3) is 3.78. The van der Waals surface area contributed by atoms with E-state index < -0.39 is 6.04 Å². The number of piperazine rings is 1. The van der Waals surface area contributed by atoms with Crippen LogP contribution in [0.3, 0.4) is 0 Å². The number of rotatable bonds is 5. The quantitative estimate of drug-likeness (QED) is 0.848. The summed E-state index contributed by atoms with van der Waals surface area (Å²) in [6.45, 7) is 17.2. The lowest BCUT2D eigenvalue weighted by Gasteiger charge is -2.46. The predicted octanol–water partition coefficient (Wildman–Crippen LogP) is 2.68. The maximum atomic E-state index is 12.8. The molecule has 4 nitrogen and oxygen atoms in total. The molecule has 4 heteroatoms. The fourth-order valence-corrected chi connectivity index (χ4v) is 2.67. The molecule has 1 heterocycles. The first kappa shape index (κ1) is 18.0. The number of nitrogens with zero attached hydrogens (tertiary/aromatic N) is 1. The standard InChI is InChI=1S/C17H32N2O2/c1-10(2)13-16(21)19(9-17(7,8)12(5)6)14(11(3)4)15(20)18-13/h10-14H,9H2,1-8H3,(H,18,20). The molecule has 0 aromatic rings. The first-order valence-corrected chi connectivity index (χ1v) is 8.10. The van der Waals surface area contributed by atoms with E-state index in [4.69, 9.17) is 0 Å². The van der Waals surface area contributed by atoms with E-state index >= 15 is 0 Å². The van der Waals surface area contributed by atoms with Gasteiger partial charge in [0.05, 0.1) is 0 Å². The highest BCUT2D eigenvalue weighted by Gasteiger charge is 2.44. The van der Waals surface area contributed by atoms with E-state index in [0.29, 0.717) is 12.5 Å². The summed E-state index contributed by atoms with van der Waals surface area (Å²) < 4.78 is 0. The highest BCUT2D eigenvalue weighted by molar-refractivity contribution is 5.97. The zero-order chi connectivity index (χ0) is 16.5. The second kappa shape index (κ2) is 6.37. The highest BCUT2D eigenvalue weighted by atomic mass is 16.2. The smallest absolute Gasteiger partial charge is 0.246 e. The molecule has 1 saturated heterocycles. The SMILES string of the molecule is CC(C)C1NC(=O)C(C(C)C)N(CC(C)(C)C(C)C)C1=O. The van der Waals surface area contributed by atoms with E-state index in [1.165, 1.54) is 0 Å². The van der Waals surface area contributed by atoms with Crippen LogP contribution >= 0.6 is 0 Å². The normalized spacial score (nSPS) is 24.2. The van der Waals surface area contributed by atoms with Crippen molar-refractivity contribution in [1.29, 1.82) is 0 Å². The van der Waals surface area contributed by atoms with Crippen molar-refractivity contribution < 1.29 is 9.59 Å². The Labute approximate surface area is 129 Å². The fraction of sp³-hybridized carbons (Fsp3) is 0.882. The Hall–Kier alpha value is -1.06. The molecule has 0 bridgehead atoms. The van der Waals surface area contributed by atoms with E-state index in [2.05, 4.69) is 33.0 Å². The zero-order valence-corrected chi connectivity index (χ0v) is 14.9. The minimum atomic E-state index is -0.393. The van der Waals surface area contributed by atoms with Crippen LogP contribution in [0.1, 0.15) is 55.4 Å². The van der Waals surface area contributed by atoms with E-state index in [1.807, 2.05) is 32.6 Å². The van der Waals surface area contributed by atoms with Gasteiger partial charge in [0.15, 0.2) is 0 Å². The molecule has 2 amide bonds. The van der Waals surface area contributed by atoms with Gasteiger partial charge in [0, 0.05) is 6.54 Å². The molecule has 2 unspecified atom stereocenters. The lowest BCUT2D eigenvalue weighted by molar-refractivity contribution is -0.154. The maximum absolute atomic E-state index is 12.8. The van der Waals surface area contributed by atoms with Crippen LogP contribution in [-0.4, -0.2) is 35.3 Å². The van der Waals surface area contributed by atoms with Gasteiger partial charge < -0.3 is 10.2 Å². The summed E-state index contributed by atoms with van der Waals surface area (Å²) in [4.78, 5) is 27.1. The number of amides is 2. The average Bonchev–Trinajstić information content (AvgIpc) is 2.31. The Morgan fingerprint density at radius 1 is 1.05 bits per heavy atom. The molecular formula is C17H32N2O2. The van der Waals surface area contributed by atoms with Gasteiger partial charge in [-0.1, -0.05) is 55.4 Å². The first-order chi connectivity index (χ1) is 9.49. The summed E-state index contributed by atoms with van der Waals surface area (Å²) in [5.41, 5.74) is -0.0120. The summed E-state index contributed by atoms with van der Waals surface area (Å²) in [6, 6.07) is -0.749. The molecular weight excluding hydrogens is 264 g/mol. The molecule has 0 aromatic carbocycles. The Kier molecular flexibility index (Phi) is 5.46. The lowest BCUT2D eigenvalue weighted by atomic mass is 9.79. The molecule has 2 atom stereocenters. The maximum Gasteiger partial charge on any atom is 0.246 e. The minimum absolute atomic E-state index is 0.0112. The Balaban J connectivity index is 3.12. The number of carbonyl (C=O) groups excluding carboxylic acids is 2. The van der Waals surface area contributed by atoms with Crippen molar-refractivity contribution in [3.63, 3.8) is 0 Å². The number of hydrogen-bond donors (Lipinski definition) is 1. The van der Waals surface area contributed by atoms with Gasteiger partial charge >= 0.3 is 0 Å². The third-order valence-corrected chi connectivity index (χ3v) is 4.89. The van der Waals surface area contributed by atoms with Gasteiger partial charge in [-0.05, 0) is 23.2 Å². The largest absolute Gasteiger partial charge is 0.342 e. The van der Waals surface area contributed by atoms with Crippen LogP contribution in [0.4, 0.5) is 0 Å². The molecule has 122 valence electrons. The topological polar surface area (TPSA) is 49.4 Å². The minimum Gasteiger partial charge on any atom is -0.342 e. The summed E-state index contributed by atoms with van der Waals surface area (Å²) >= 11 is 0. The van der Waals surface area contributed by atoms with Crippen LogP contribution in [0.25, 0.3) is 0 Å². The van der Waals surface area contributed by atoms with Gasteiger partial charge in [-0.3, -0.25) is 9.59 Å². The van der Waals surface area contributed by atoms with Crippen molar-refractivity contribution in [2.24, 2.45) is 23.2 Å². The summed E-state index contributed by atoms with van der Waals surface area (Å²) in [5, 5.41) is 2.91. The second-order valence-corrected chi connectivity index (χ2v) is 8.03. The first-order valence-electron chi connectivity index (χ1n) is 8.10. The van der Waals surface area contributed by atoms with Gasteiger partial charge in [0.1, 0.15) is 12.1 Å². The van der Waals surface area contributed by atoms with Crippen LogP contribution in [0, 0.1) is 23.2 Å². The van der Waals surface area contributed by atoms with Gasteiger partial charge in [-0.25, -0.2) is 0 Å². The van der Waals surface area contributed by atoms with Gasteiger partial charge in [-0.2, -0.15) is 0 Å². The molecule has 0 aliphatic carbocycles. The third-order valence-electron chi connectivity index (χ3n) is 4.89. The van der Waals surface area contributed by atoms with Gasteiger partial charge in [0.2, 0.25) is 11.8 Å². The Bertz CT molecular complexity index is 400. The van der Waals surface area contributed by atoms with Crippen molar-refractivity contribution in [3.05, 3.63) is 0 Å². The molecule has 0 saturated carbocycles. The summed E-state index contributed by atoms with van der Waals surface area (Å²) in [6.07, 6.45) is 0. The van der Waals surface area contributed by atoms with E-state index in [-0.39, 0.29) is 35.1 Å². The summed E-state index contributed by atoms with van der Waals surface area (Å²) in [7, 11) is 0. The molecule has 1 N–H and O–H groups in total. The van der Waals surface area contributed by atoms with Crippen molar-refractivity contribution in [1.82, 2.24) is 10.2 Å². The molecule has 21 heavy (non-hydrogen) atoms. The molecule has 1 fully saturated rings. The van der Waals surface area contributed by atoms with Crippen LogP contribution < -0.4 is 5.32 Å². The van der Waals surface area contributed by atoms with E-state index in [0.717, 1.165) is 0 Å². The second-order valence-electron chi connectivity index (χ2n) is 8.03. The average molecular weight is 296 g/mol. The predicted molar refractivity (Wildman–Crippen MR) is 85.7 cm³/mol. The van der Waals surface area contributed by atoms with Crippen molar-refractivity contribution in [2.75, 3.05) is 6.54 Å². The molecule has 1 aliphatic heterocycles. The Morgan fingerprint density at radius 3 is 1.95 bits per heavy atom. The van der Waals surface area contributed by atoms with E-state index in [1.54, 1.807) is 0 Å². The zero-order valence-electron chi connectivity index (χ0n) is 14.9.